The zero-order chi connectivity index (χ0) is 15.2. The average molecular weight is 310 g/mol. The summed E-state index contributed by atoms with van der Waals surface area (Å²) >= 11 is 1.59. The molecule has 1 fully saturated rings. The van der Waals surface area contributed by atoms with E-state index in [4.69, 9.17) is 0 Å². The minimum Gasteiger partial charge on any atom is -0.353 e. The van der Waals surface area contributed by atoms with Crippen LogP contribution >= 0.6 is 11.8 Å². The highest BCUT2D eigenvalue weighted by Crippen LogP contribution is 2.21. The van der Waals surface area contributed by atoms with Crippen LogP contribution in [0.3, 0.4) is 0 Å². The summed E-state index contributed by atoms with van der Waals surface area (Å²) in [6.07, 6.45) is 1.98. The summed E-state index contributed by atoms with van der Waals surface area (Å²) in [5.41, 5.74) is 0. The molecule has 0 saturated carbocycles. The van der Waals surface area contributed by atoms with E-state index in [9.17, 15) is 9.18 Å². The number of piperidine rings is 1. The quantitative estimate of drug-likeness (QED) is 0.822. The van der Waals surface area contributed by atoms with Crippen LogP contribution in [0.2, 0.25) is 0 Å². The molecule has 3 nitrogen and oxygen atoms in total. The number of carbonyl (C=O) groups excluding carboxylic acids is 1. The highest BCUT2D eigenvalue weighted by molar-refractivity contribution is 7.99. The Balaban J connectivity index is 1.75. The fourth-order valence-electron chi connectivity index (χ4n) is 2.43. The summed E-state index contributed by atoms with van der Waals surface area (Å²) in [5.74, 6) is 0.539. The number of nitrogens with one attached hydrogen (secondary N) is 2. The first-order chi connectivity index (χ1) is 10.0. The van der Waals surface area contributed by atoms with Gasteiger partial charge in [-0.1, -0.05) is 6.92 Å². The van der Waals surface area contributed by atoms with Crippen molar-refractivity contribution in [2.24, 2.45) is 5.92 Å². The Labute approximate surface area is 130 Å². The van der Waals surface area contributed by atoms with E-state index in [2.05, 4.69) is 17.6 Å². The van der Waals surface area contributed by atoms with Gasteiger partial charge in [0.15, 0.2) is 0 Å². The van der Waals surface area contributed by atoms with Gasteiger partial charge in [-0.3, -0.25) is 4.79 Å². The van der Waals surface area contributed by atoms with Gasteiger partial charge in [0.05, 0.1) is 0 Å². The molecule has 0 spiro atoms. The van der Waals surface area contributed by atoms with Gasteiger partial charge in [0, 0.05) is 28.6 Å². The van der Waals surface area contributed by atoms with Crippen molar-refractivity contribution in [3.8, 4) is 0 Å². The molecule has 1 saturated heterocycles. The first kappa shape index (κ1) is 16.3. The minimum absolute atomic E-state index is 0.0507. The summed E-state index contributed by atoms with van der Waals surface area (Å²) in [6.45, 7) is 5.05. The van der Waals surface area contributed by atoms with Gasteiger partial charge in [-0.15, -0.1) is 11.8 Å². The third kappa shape index (κ3) is 5.32. The second-order valence-corrected chi connectivity index (χ2v) is 6.84. The SMILES string of the molecule is CC1CC(NC(=O)C(C)CSc2ccc(F)cc2)CCN1. The smallest absolute Gasteiger partial charge is 0.223 e. The lowest BCUT2D eigenvalue weighted by atomic mass is 10.00. The molecular weight excluding hydrogens is 287 g/mol. The Morgan fingerprint density at radius 3 is 2.86 bits per heavy atom. The molecule has 3 unspecified atom stereocenters. The van der Waals surface area contributed by atoms with Crippen LogP contribution in [0.15, 0.2) is 29.2 Å². The van der Waals surface area contributed by atoms with Gasteiger partial charge in [-0.25, -0.2) is 4.39 Å². The molecule has 1 aliphatic heterocycles. The monoisotopic (exact) mass is 310 g/mol. The van der Waals surface area contributed by atoms with E-state index in [1.165, 1.54) is 12.1 Å². The highest BCUT2D eigenvalue weighted by Gasteiger charge is 2.22. The molecule has 0 radical (unpaired) electrons. The highest BCUT2D eigenvalue weighted by atomic mass is 32.2. The van der Waals surface area contributed by atoms with Crippen LogP contribution in [-0.4, -0.2) is 30.3 Å². The van der Waals surface area contributed by atoms with Crippen LogP contribution in [0, 0.1) is 11.7 Å². The number of rotatable bonds is 5. The van der Waals surface area contributed by atoms with Crippen molar-refractivity contribution in [2.45, 2.75) is 43.7 Å². The number of hydrogen-bond acceptors (Lipinski definition) is 3. The largest absolute Gasteiger partial charge is 0.353 e. The van der Waals surface area contributed by atoms with Gasteiger partial charge >= 0.3 is 0 Å². The number of thioether (sulfide) groups is 1. The Morgan fingerprint density at radius 1 is 1.48 bits per heavy atom. The van der Waals surface area contributed by atoms with Gasteiger partial charge in [0.25, 0.3) is 0 Å². The summed E-state index contributed by atoms with van der Waals surface area (Å²) in [5, 5.41) is 6.52. The standard InChI is InChI=1S/C16H23FN2OS/c1-11(10-21-15-5-3-13(17)4-6-15)16(20)19-14-7-8-18-12(2)9-14/h3-6,11-12,14,18H,7-10H2,1-2H3,(H,19,20). The molecule has 1 heterocycles. The molecule has 2 N–H and O–H groups in total. The molecule has 0 aromatic heterocycles. The molecule has 1 aliphatic rings. The topological polar surface area (TPSA) is 41.1 Å². The van der Waals surface area contributed by atoms with Crippen molar-refractivity contribution in [2.75, 3.05) is 12.3 Å². The molecule has 0 bridgehead atoms. The van der Waals surface area contributed by atoms with Crippen LogP contribution in [0.25, 0.3) is 0 Å². The Morgan fingerprint density at radius 2 is 2.19 bits per heavy atom. The van der Waals surface area contributed by atoms with Gasteiger partial charge in [-0.05, 0) is 50.6 Å². The van der Waals surface area contributed by atoms with Gasteiger partial charge < -0.3 is 10.6 Å². The first-order valence-corrected chi connectivity index (χ1v) is 8.45. The minimum atomic E-state index is -0.231. The Hall–Kier alpha value is -1.07. The zero-order valence-corrected chi connectivity index (χ0v) is 13.4. The third-order valence-electron chi connectivity index (χ3n) is 3.73. The molecular formula is C16H23FN2OS. The molecule has 1 amide bonds. The predicted molar refractivity (Wildman–Crippen MR) is 84.9 cm³/mol. The Bertz CT molecular complexity index is 466. The number of benzene rings is 1. The van der Waals surface area contributed by atoms with E-state index in [1.54, 1.807) is 23.9 Å². The molecule has 2 rings (SSSR count). The fourth-order valence-corrected chi connectivity index (χ4v) is 3.36. The maximum Gasteiger partial charge on any atom is 0.223 e. The van der Waals surface area contributed by atoms with Crippen molar-refractivity contribution in [1.82, 2.24) is 10.6 Å². The van der Waals surface area contributed by atoms with E-state index in [0.29, 0.717) is 11.8 Å². The molecule has 21 heavy (non-hydrogen) atoms. The van der Waals surface area contributed by atoms with Gasteiger partial charge in [0.2, 0.25) is 5.91 Å². The van der Waals surface area contributed by atoms with Gasteiger partial charge in [0.1, 0.15) is 5.82 Å². The van der Waals surface area contributed by atoms with Crippen molar-refractivity contribution >= 4 is 17.7 Å². The van der Waals surface area contributed by atoms with Crippen LogP contribution in [0.4, 0.5) is 4.39 Å². The summed E-state index contributed by atoms with van der Waals surface area (Å²) < 4.78 is 12.8. The lowest BCUT2D eigenvalue weighted by Crippen LogP contribution is -2.48. The second-order valence-electron chi connectivity index (χ2n) is 5.75. The summed E-state index contributed by atoms with van der Waals surface area (Å²) in [4.78, 5) is 13.2. The molecule has 0 aliphatic carbocycles. The number of carbonyl (C=O) groups is 1. The molecule has 1 aromatic rings. The molecule has 3 atom stereocenters. The fraction of sp³-hybridized carbons (Fsp3) is 0.562. The van der Waals surface area contributed by atoms with E-state index < -0.39 is 0 Å². The second kappa shape index (κ2) is 7.80. The maximum atomic E-state index is 12.8. The van der Waals surface area contributed by atoms with E-state index in [-0.39, 0.29) is 23.7 Å². The Kier molecular flexibility index (Phi) is 6.06. The van der Waals surface area contributed by atoms with Crippen molar-refractivity contribution in [3.05, 3.63) is 30.1 Å². The molecule has 116 valence electrons. The third-order valence-corrected chi connectivity index (χ3v) is 5.00. The van der Waals surface area contributed by atoms with Crippen molar-refractivity contribution < 1.29 is 9.18 Å². The van der Waals surface area contributed by atoms with Crippen LogP contribution in [0.5, 0.6) is 0 Å². The number of hydrogen-bond donors (Lipinski definition) is 2. The maximum absolute atomic E-state index is 12.8. The van der Waals surface area contributed by atoms with E-state index in [0.717, 1.165) is 24.3 Å². The van der Waals surface area contributed by atoms with Crippen LogP contribution in [0.1, 0.15) is 26.7 Å². The normalized spacial score (nSPS) is 23.6. The van der Waals surface area contributed by atoms with Crippen molar-refractivity contribution in [1.29, 1.82) is 0 Å². The predicted octanol–water partition coefficient (Wildman–Crippen LogP) is 2.81. The summed E-state index contributed by atoms with van der Waals surface area (Å²) in [7, 11) is 0. The van der Waals surface area contributed by atoms with E-state index in [1.807, 2.05) is 6.92 Å². The summed E-state index contributed by atoms with van der Waals surface area (Å²) in [6, 6.07) is 7.14. The van der Waals surface area contributed by atoms with Crippen molar-refractivity contribution in [3.63, 3.8) is 0 Å². The molecule has 5 heteroatoms. The number of halogens is 1. The van der Waals surface area contributed by atoms with Crippen LogP contribution < -0.4 is 10.6 Å². The van der Waals surface area contributed by atoms with Crippen LogP contribution in [-0.2, 0) is 4.79 Å². The molecule has 1 aromatic carbocycles. The first-order valence-electron chi connectivity index (χ1n) is 7.46. The number of amides is 1. The average Bonchev–Trinajstić information content (AvgIpc) is 2.46. The zero-order valence-electron chi connectivity index (χ0n) is 12.6. The lowest BCUT2D eigenvalue weighted by Gasteiger charge is -2.29. The van der Waals surface area contributed by atoms with Gasteiger partial charge in [-0.2, -0.15) is 0 Å². The lowest BCUT2D eigenvalue weighted by molar-refractivity contribution is -0.124. The van der Waals surface area contributed by atoms with E-state index >= 15 is 0 Å².